The van der Waals surface area contributed by atoms with E-state index in [0.717, 1.165) is 0 Å². The van der Waals surface area contributed by atoms with Crippen LogP contribution in [0.3, 0.4) is 0 Å². The number of thioether (sulfide) groups is 1. The van der Waals surface area contributed by atoms with Gasteiger partial charge in [0.25, 0.3) is 0 Å². The van der Waals surface area contributed by atoms with E-state index in [1.54, 1.807) is 6.26 Å². The first kappa shape index (κ1) is 66.3. The van der Waals surface area contributed by atoms with E-state index in [4.69, 9.17) is 28.0 Å². The number of hydrogen-bond acceptors (Lipinski definition) is 18. The summed E-state index contributed by atoms with van der Waals surface area (Å²) in [4.78, 5) is 179. The summed E-state index contributed by atoms with van der Waals surface area (Å²) < 4.78 is 0. The minimum Gasteiger partial charge on any atom is -0.508 e. The van der Waals surface area contributed by atoms with Crippen LogP contribution in [0.1, 0.15) is 64.9 Å². The largest absolute Gasteiger partial charge is 0.508 e. The topological polar surface area (TPSA) is 512 Å². The highest BCUT2D eigenvalue weighted by Gasteiger charge is 2.36. The van der Waals surface area contributed by atoms with Crippen LogP contribution in [0, 0.1) is 5.92 Å². The molecule has 0 aliphatic rings. The molecule has 0 aliphatic heterocycles. The molecular formula is C44H67N13O17S2. The van der Waals surface area contributed by atoms with Crippen molar-refractivity contribution in [3.63, 3.8) is 0 Å². The molecule has 0 aromatic heterocycles. The number of phenolic OH excluding ortho intramolecular Hbond substituents is 1. The molecule has 32 heteroatoms. The Kier molecular flexibility index (Phi) is 29.0. The Hall–Kier alpha value is -7.74. The zero-order valence-corrected chi connectivity index (χ0v) is 43.6. The Morgan fingerprint density at radius 1 is 0.566 bits per heavy atom. The van der Waals surface area contributed by atoms with E-state index in [-0.39, 0.29) is 30.1 Å². The number of carbonyl (C=O) groups excluding carboxylic acids is 12. The average molecular weight is 1110 g/mol. The third-order valence-corrected chi connectivity index (χ3v) is 11.6. The predicted molar refractivity (Wildman–Crippen MR) is 272 cm³/mol. The van der Waals surface area contributed by atoms with Crippen LogP contribution in [0.2, 0.25) is 0 Å². The minimum absolute atomic E-state index is 0.0653. The molecule has 0 radical (unpaired) electrons. The molecule has 0 fully saturated rings. The standard InChI is InChI=1S/C44H67N13O17S2/c1-19(2)35(57-42(71)26(13-21-5-7-22(58)8-6-21)55-41(70)29(16-32(48)61)54-36(65)20(3)50-37(66)23(45)18-75)43(72)56-27(14-30(46)59)38(67)49-17-33(62)51-28(15-31(47)60)40(69)52-24(11-12-76-4)39(68)53-25(44(73)74)9-10-34(63)64/h5-8,19-20,23-29,35,58,75H,9-18,45H2,1-4H3,(H2,46,59)(H2,47,60)(H2,48,61)(H,49,67)(H,50,66)(H,51,62)(H,52,69)(H,53,68)(H,54,65)(H,55,70)(H,56,72)(H,57,71)(H,63,64)(H,73,74)/t20-,23-,24-,25-,26-,27-,28-,29-,35-/m0/s1. The van der Waals surface area contributed by atoms with E-state index < -0.39 is 182 Å². The van der Waals surface area contributed by atoms with Crippen LogP contribution in [-0.2, 0) is 73.5 Å². The van der Waals surface area contributed by atoms with E-state index in [1.165, 1.54) is 56.8 Å². The van der Waals surface area contributed by atoms with Crippen LogP contribution in [0.4, 0.5) is 0 Å². The molecule has 1 aromatic rings. The zero-order valence-electron chi connectivity index (χ0n) is 41.9. The number of aliphatic carboxylic acids is 2. The molecule has 0 spiro atoms. The number of rotatable bonds is 35. The van der Waals surface area contributed by atoms with Crippen LogP contribution in [0.25, 0.3) is 0 Å². The zero-order chi connectivity index (χ0) is 58.0. The van der Waals surface area contributed by atoms with Gasteiger partial charge in [0.2, 0.25) is 70.9 Å². The highest BCUT2D eigenvalue weighted by molar-refractivity contribution is 7.98. The highest BCUT2D eigenvalue weighted by Crippen LogP contribution is 2.13. The molecule has 12 amide bonds. The third kappa shape index (κ3) is 25.0. The van der Waals surface area contributed by atoms with Crippen molar-refractivity contribution in [1.82, 2.24) is 47.9 Å². The van der Waals surface area contributed by atoms with E-state index in [2.05, 4.69) is 60.5 Å². The number of aromatic hydroxyl groups is 1. The van der Waals surface area contributed by atoms with Gasteiger partial charge in [0.1, 0.15) is 54.1 Å². The van der Waals surface area contributed by atoms with Gasteiger partial charge in [-0.15, -0.1) is 0 Å². The fraction of sp³-hybridized carbons (Fsp3) is 0.545. The number of hydrogen-bond donors (Lipinski definition) is 17. The highest BCUT2D eigenvalue weighted by atomic mass is 32.2. The first-order chi connectivity index (χ1) is 35.5. The number of phenols is 1. The van der Waals surface area contributed by atoms with Gasteiger partial charge >= 0.3 is 11.9 Å². The average Bonchev–Trinajstić information content (AvgIpc) is 3.33. The van der Waals surface area contributed by atoms with Gasteiger partial charge in [0, 0.05) is 18.6 Å². The summed E-state index contributed by atoms with van der Waals surface area (Å²) in [5.41, 5.74) is 22.0. The minimum atomic E-state index is -1.83. The molecule has 9 atom stereocenters. The van der Waals surface area contributed by atoms with Gasteiger partial charge in [0.15, 0.2) is 0 Å². The van der Waals surface area contributed by atoms with Crippen molar-refractivity contribution in [1.29, 1.82) is 0 Å². The van der Waals surface area contributed by atoms with Crippen molar-refractivity contribution in [2.24, 2.45) is 28.9 Å². The molecule has 0 saturated heterocycles. The van der Waals surface area contributed by atoms with E-state index in [1.807, 2.05) is 0 Å². The first-order valence-corrected chi connectivity index (χ1v) is 25.1. The number of carboxylic acid groups (broad SMARTS) is 2. The number of amides is 12. The van der Waals surface area contributed by atoms with Gasteiger partial charge in [-0.1, -0.05) is 26.0 Å². The molecule has 0 aliphatic carbocycles. The van der Waals surface area contributed by atoms with Gasteiger partial charge in [-0.25, -0.2) is 4.79 Å². The Balaban J connectivity index is 3.34. The van der Waals surface area contributed by atoms with E-state index >= 15 is 0 Å². The SMILES string of the molecule is CSCC[C@H](NC(=O)[C@H](CC(N)=O)NC(=O)CNC(=O)[C@H](CC(N)=O)NC(=O)[C@@H](NC(=O)[C@H](Cc1ccc(O)cc1)NC(=O)[C@H](CC(N)=O)NC(=O)[C@H](C)NC(=O)[C@@H](N)CS)C(C)C)C(=O)N[C@@H](CCC(=O)O)C(=O)O. The molecule has 0 unspecified atom stereocenters. The lowest BCUT2D eigenvalue weighted by molar-refractivity contribution is -0.143. The van der Waals surface area contributed by atoms with Gasteiger partial charge in [-0.3, -0.25) is 62.3 Å². The number of thiol groups is 1. The van der Waals surface area contributed by atoms with Crippen LogP contribution in [-0.4, -0.2) is 177 Å². The summed E-state index contributed by atoms with van der Waals surface area (Å²) in [6.45, 7) is 3.22. The van der Waals surface area contributed by atoms with Crippen LogP contribution in [0.5, 0.6) is 5.75 Å². The lowest BCUT2D eigenvalue weighted by Gasteiger charge is -2.28. The van der Waals surface area contributed by atoms with Crippen molar-refractivity contribution in [2.45, 2.75) is 120 Å². The van der Waals surface area contributed by atoms with Gasteiger partial charge < -0.3 is 86.1 Å². The number of primary amides is 3. The second-order valence-corrected chi connectivity index (χ2v) is 18.7. The quantitative estimate of drug-likeness (QED) is 0.0281. The van der Waals surface area contributed by atoms with Crippen LogP contribution < -0.4 is 70.8 Å². The van der Waals surface area contributed by atoms with E-state index in [9.17, 15) is 77.3 Å². The molecule has 30 nitrogen and oxygen atoms in total. The summed E-state index contributed by atoms with van der Waals surface area (Å²) in [6.07, 6.45) is -2.39. The lowest BCUT2D eigenvalue weighted by Crippen LogP contribution is -2.61. The summed E-state index contributed by atoms with van der Waals surface area (Å²) in [5.74, 6) is -16.5. The molecule has 422 valence electrons. The first-order valence-electron chi connectivity index (χ1n) is 23.1. The Bertz CT molecular complexity index is 2290. The van der Waals surface area contributed by atoms with Crippen LogP contribution in [0.15, 0.2) is 24.3 Å². The second-order valence-electron chi connectivity index (χ2n) is 17.3. The van der Waals surface area contributed by atoms with Crippen LogP contribution >= 0.6 is 24.4 Å². The molecule has 0 heterocycles. The fourth-order valence-electron chi connectivity index (χ4n) is 6.51. The molecule has 76 heavy (non-hydrogen) atoms. The molecule has 20 N–H and O–H groups in total. The normalized spacial score (nSPS) is 14.4. The van der Waals surface area contributed by atoms with Gasteiger partial charge in [0.05, 0.1) is 31.8 Å². The summed E-state index contributed by atoms with van der Waals surface area (Å²) in [5, 5.41) is 48.8. The second kappa shape index (κ2) is 33.2. The molecular weight excluding hydrogens is 1050 g/mol. The van der Waals surface area contributed by atoms with Crippen molar-refractivity contribution in [3.8, 4) is 5.75 Å². The lowest BCUT2D eigenvalue weighted by atomic mass is 10.00. The van der Waals surface area contributed by atoms with Crippen molar-refractivity contribution >= 4 is 107 Å². The van der Waals surface area contributed by atoms with Gasteiger partial charge in [-0.2, -0.15) is 24.4 Å². The monoisotopic (exact) mass is 1110 g/mol. The van der Waals surface area contributed by atoms with Crippen molar-refractivity contribution < 1.29 is 82.4 Å². The van der Waals surface area contributed by atoms with Crippen molar-refractivity contribution in [3.05, 3.63) is 29.8 Å². The Labute approximate surface area is 445 Å². The molecule has 1 rings (SSSR count). The smallest absolute Gasteiger partial charge is 0.326 e. The number of nitrogens with two attached hydrogens (primary N) is 4. The molecule has 1 aromatic carbocycles. The number of nitrogens with one attached hydrogen (secondary N) is 9. The molecule has 0 bridgehead atoms. The summed E-state index contributed by atoms with van der Waals surface area (Å²) in [6, 6.07) is -8.64. The third-order valence-electron chi connectivity index (χ3n) is 10.6. The Morgan fingerprint density at radius 2 is 1.03 bits per heavy atom. The Morgan fingerprint density at radius 3 is 1.51 bits per heavy atom. The summed E-state index contributed by atoms with van der Waals surface area (Å²) in [7, 11) is 0. The number of carbonyl (C=O) groups is 14. The van der Waals surface area contributed by atoms with Crippen molar-refractivity contribution in [2.75, 3.05) is 24.3 Å². The fourth-order valence-corrected chi connectivity index (χ4v) is 7.14. The summed E-state index contributed by atoms with van der Waals surface area (Å²) >= 11 is 5.17. The maximum Gasteiger partial charge on any atom is 0.326 e. The number of carboxylic acids is 2. The maximum atomic E-state index is 14.1. The molecule has 0 saturated carbocycles. The maximum absolute atomic E-state index is 14.1. The predicted octanol–water partition coefficient (Wildman–Crippen LogP) is -6.81. The number of benzene rings is 1. The van der Waals surface area contributed by atoms with E-state index in [0.29, 0.717) is 5.56 Å². The van der Waals surface area contributed by atoms with Gasteiger partial charge in [-0.05, 0) is 55.4 Å².